The highest BCUT2D eigenvalue weighted by atomic mass is 35.5. The third-order valence-electron chi connectivity index (χ3n) is 4.02. The smallest absolute Gasteiger partial charge is 0.225 e. The van der Waals surface area contributed by atoms with Gasteiger partial charge in [-0.25, -0.2) is 9.97 Å². The summed E-state index contributed by atoms with van der Waals surface area (Å²) >= 11 is 11.8. The molecule has 2 N–H and O–H groups in total. The summed E-state index contributed by atoms with van der Waals surface area (Å²) in [4.78, 5) is 12.8. The number of benzene rings is 1. The molecular formula is C16H19Cl2N5. The van der Waals surface area contributed by atoms with Gasteiger partial charge in [0.25, 0.3) is 0 Å². The summed E-state index contributed by atoms with van der Waals surface area (Å²) in [5.74, 6) is 0.793. The average molecular weight is 352 g/mol. The summed E-state index contributed by atoms with van der Waals surface area (Å²) in [6.45, 7) is 5.26. The van der Waals surface area contributed by atoms with E-state index in [0.29, 0.717) is 11.7 Å². The highest BCUT2D eigenvalue weighted by molar-refractivity contribution is 6.32. The zero-order valence-corrected chi connectivity index (χ0v) is 14.3. The normalized spacial score (nSPS) is 15.9. The van der Waals surface area contributed by atoms with Gasteiger partial charge in [0.2, 0.25) is 5.28 Å². The van der Waals surface area contributed by atoms with Crippen molar-refractivity contribution in [3.63, 3.8) is 0 Å². The molecule has 5 nitrogen and oxygen atoms in total. The minimum Gasteiger partial charge on any atom is -0.354 e. The zero-order valence-electron chi connectivity index (χ0n) is 12.8. The molecule has 3 rings (SSSR count). The minimum atomic E-state index is 0.190. The van der Waals surface area contributed by atoms with Crippen molar-refractivity contribution in [3.8, 4) is 0 Å². The monoisotopic (exact) mass is 351 g/mol. The number of halogens is 2. The van der Waals surface area contributed by atoms with Gasteiger partial charge in [-0.1, -0.05) is 35.9 Å². The fourth-order valence-corrected chi connectivity index (χ4v) is 3.11. The Bertz CT molecular complexity index is 634. The summed E-state index contributed by atoms with van der Waals surface area (Å²) in [6.07, 6.45) is 0. The molecule has 2 aromatic rings. The van der Waals surface area contributed by atoms with E-state index in [0.717, 1.165) is 44.1 Å². The molecule has 0 spiro atoms. The van der Waals surface area contributed by atoms with Crippen molar-refractivity contribution in [3.05, 3.63) is 51.9 Å². The fraction of sp³-hybridized carbons (Fsp3) is 0.375. The van der Waals surface area contributed by atoms with Gasteiger partial charge in [-0.3, -0.25) is 4.90 Å². The van der Waals surface area contributed by atoms with Gasteiger partial charge in [0.15, 0.2) is 0 Å². The van der Waals surface area contributed by atoms with Crippen LogP contribution < -0.4 is 10.6 Å². The lowest BCUT2D eigenvalue weighted by Crippen LogP contribution is -2.46. The molecule has 7 heteroatoms. The Morgan fingerprint density at radius 2 is 1.61 bits per heavy atom. The van der Waals surface area contributed by atoms with Crippen LogP contribution in [0.5, 0.6) is 0 Å². The van der Waals surface area contributed by atoms with E-state index in [1.807, 2.05) is 0 Å². The van der Waals surface area contributed by atoms with Gasteiger partial charge in [0.1, 0.15) is 11.0 Å². The summed E-state index contributed by atoms with van der Waals surface area (Å²) in [6, 6.07) is 10.2. The van der Waals surface area contributed by atoms with Crippen molar-refractivity contribution < 1.29 is 0 Å². The number of aromatic nitrogens is 2. The van der Waals surface area contributed by atoms with Gasteiger partial charge in [-0.05, 0) is 22.7 Å². The van der Waals surface area contributed by atoms with Crippen molar-refractivity contribution in [2.75, 3.05) is 31.1 Å². The van der Waals surface area contributed by atoms with Crippen LogP contribution in [0.2, 0.25) is 10.4 Å². The van der Waals surface area contributed by atoms with Crippen molar-refractivity contribution in [1.29, 1.82) is 0 Å². The molecule has 1 aromatic heterocycles. The third-order valence-corrected chi connectivity index (χ3v) is 4.38. The molecule has 0 unspecified atom stereocenters. The third kappa shape index (κ3) is 4.32. The molecule has 0 bridgehead atoms. The maximum absolute atomic E-state index is 5.95. The molecule has 0 atom stereocenters. The number of hydrogen-bond acceptors (Lipinski definition) is 5. The topological polar surface area (TPSA) is 58.3 Å². The SMILES string of the molecule is NCc1ccc(CN2CCN(c3cc(Cl)nc(Cl)n3)CC2)cc1. The van der Waals surface area contributed by atoms with Gasteiger partial charge < -0.3 is 10.6 Å². The quantitative estimate of drug-likeness (QED) is 0.677. The molecule has 1 saturated heterocycles. The maximum atomic E-state index is 5.95. The average Bonchev–Trinajstić information content (AvgIpc) is 2.55. The predicted octanol–water partition coefficient (Wildman–Crippen LogP) is 2.56. The lowest BCUT2D eigenvalue weighted by Gasteiger charge is -2.35. The maximum Gasteiger partial charge on any atom is 0.225 e. The van der Waals surface area contributed by atoms with E-state index < -0.39 is 0 Å². The van der Waals surface area contributed by atoms with E-state index in [2.05, 4.69) is 44.0 Å². The van der Waals surface area contributed by atoms with Gasteiger partial charge in [-0.2, -0.15) is 0 Å². The van der Waals surface area contributed by atoms with E-state index in [1.165, 1.54) is 5.56 Å². The number of nitrogens with two attached hydrogens (primary N) is 1. The first-order chi connectivity index (χ1) is 11.1. The van der Waals surface area contributed by atoms with Crippen molar-refractivity contribution in [1.82, 2.24) is 14.9 Å². The Hall–Kier alpha value is -1.40. The van der Waals surface area contributed by atoms with Gasteiger partial charge in [-0.15, -0.1) is 0 Å². The molecule has 1 aliphatic rings. The van der Waals surface area contributed by atoms with Gasteiger partial charge in [0.05, 0.1) is 0 Å². The summed E-state index contributed by atoms with van der Waals surface area (Å²) in [7, 11) is 0. The molecule has 2 heterocycles. The van der Waals surface area contributed by atoms with Crippen LogP contribution in [0.1, 0.15) is 11.1 Å². The summed E-state index contributed by atoms with van der Waals surface area (Å²) in [5.41, 5.74) is 8.10. The zero-order chi connectivity index (χ0) is 16.2. The molecule has 0 amide bonds. The molecule has 1 fully saturated rings. The van der Waals surface area contributed by atoms with Crippen LogP contribution >= 0.6 is 23.2 Å². The second kappa shape index (κ2) is 7.45. The molecule has 1 aromatic carbocycles. The molecule has 1 aliphatic heterocycles. The van der Waals surface area contributed by atoms with Crippen LogP contribution in [0.4, 0.5) is 5.82 Å². The van der Waals surface area contributed by atoms with Crippen molar-refractivity contribution in [2.24, 2.45) is 5.73 Å². The van der Waals surface area contributed by atoms with Gasteiger partial charge in [0, 0.05) is 45.3 Å². The van der Waals surface area contributed by atoms with Crippen LogP contribution in [0.25, 0.3) is 0 Å². The lowest BCUT2D eigenvalue weighted by molar-refractivity contribution is 0.249. The van der Waals surface area contributed by atoms with E-state index in [1.54, 1.807) is 6.07 Å². The number of rotatable bonds is 4. The first-order valence-corrected chi connectivity index (χ1v) is 8.35. The first kappa shape index (κ1) is 16.5. The number of piperazine rings is 1. The summed E-state index contributed by atoms with van der Waals surface area (Å²) in [5, 5.41) is 0.567. The van der Waals surface area contributed by atoms with Crippen LogP contribution in [-0.4, -0.2) is 41.0 Å². The molecule has 122 valence electrons. The Morgan fingerprint density at radius 1 is 0.957 bits per heavy atom. The largest absolute Gasteiger partial charge is 0.354 e. The second-order valence-electron chi connectivity index (χ2n) is 5.60. The van der Waals surface area contributed by atoms with E-state index in [-0.39, 0.29) is 5.28 Å². The second-order valence-corrected chi connectivity index (χ2v) is 6.33. The van der Waals surface area contributed by atoms with Crippen LogP contribution in [0.3, 0.4) is 0 Å². The fourth-order valence-electron chi connectivity index (χ4n) is 2.71. The molecule has 0 aliphatic carbocycles. The Morgan fingerprint density at radius 3 is 2.22 bits per heavy atom. The molecule has 23 heavy (non-hydrogen) atoms. The predicted molar refractivity (Wildman–Crippen MR) is 93.9 cm³/mol. The van der Waals surface area contributed by atoms with Crippen LogP contribution in [0.15, 0.2) is 30.3 Å². The Labute approximate surface area is 146 Å². The molecule has 0 saturated carbocycles. The van der Waals surface area contributed by atoms with E-state index in [9.17, 15) is 0 Å². The Balaban J connectivity index is 1.57. The molecule has 0 radical (unpaired) electrons. The molecular weight excluding hydrogens is 333 g/mol. The number of hydrogen-bond donors (Lipinski definition) is 1. The van der Waals surface area contributed by atoms with Crippen molar-refractivity contribution in [2.45, 2.75) is 13.1 Å². The highest BCUT2D eigenvalue weighted by Gasteiger charge is 2.19. The first-order valence-electron chi connectivity index (χ1n) is 7.59. The van der Waals surface area contributed by atoms with Crippen LogP contribution in [0, 0.1) is 0 Å². The highest BCUT2D eigenvalue weighted by Crippen LogP contribution is 2.20. The lowest BCUT2D eigenvalue weighted by atomic mass is 10.1. The standard InChI is InChI=1S/C16H19Cl2N5/c17-14-9-15(21-16(18)20-14)23-7-5-22(6-8-23)11-13-3-1-12(10-19)2-4-13/h1-4,9H,5-8,10-11,19H2. The summed E-state index contributed by atoms with van der Waals surface area (Å²) < 4.78 is 0. The van der Waals surface area contributed by atoms with Crippen molar-refractivity contribution >= 4 is 29.0 Å². The Kier molecular flexibility index (Phi) is 5.33. The number of nitrogens with zero attached hydrogens (tertiary/aromatic N) is 4. The van der Waals surface area contributed by atoms with Gasteiger partial charge >= 0.3 is 0 Å². The van der Waals surface area contributed by atoms with E-state index >= 15 is 0 Å². The van der Waals surface area contributed by atoms with E-state index in [4.69, 9.17) is 28.9 Å². The number of anilines is 1. The van der Waals surface area contributed by atoms with Crippen LogP contribution in [-0.2, 0) is 13.1 Å². The minimum absolute atomic E-state index is 0.190.